The molecular formula is C12H12BrNOS. The molecule has 1 aromatic heterocycles. The van der Waals surface area contributed by atoms with E-state index < -0.39 is 6.10 Å². The number of hydrogen-bond donors (Lipinski definition) is 1. The van der Waals surface area contributed by atoms with E-state index in [-0.39, 0.29) is 0 Å². The summed E-state index contributed by atoms with van der Waals surface area (Å²) in [5, 5.41) is 13.1. The monoisotopic (exact) mass is 297 g/mol. The van der Waals surface area contributed by atoms with E-state index in [0.29, 0.717) is 6.42 Å². The summed E-state index contributed by atoms with van der Waals surface area (Å²) in [4.78, 5) is 4.35. The SMILES string of the molecule is Cc1nc(CC(O)c2ccccc2Br)cs1. The third-order valence-corrected chi connectivity index (χ3v) is 3.88. The number of thiazole rings is 1. The molecule has 1 aromatic carbocycles. The van der Waals surface area contributed by atoms with Gasteiger partial charge in [-0.05, 0) is 18.6 Å². The minimum absolute atomic E-state index is 0.503. The van der Waals surface area contributed by atoms with Crippen LogP contribution in [0, 0.1) is 6.92 Å². The zero-order valence-corrected chi connectivity index (χ0v) is 11.3. The van der Waals surface area contributed by atoms with E-state index in [9.17, 15) is 5.11 Å². The molecule has 0 aliphatic rings. The molecule has 0 radical (unpaired) electrons. The number of rotatable bonds is 3. The Bertz CT molecular complexity index is 483. The highest BCUT2D eigenvalue weighted by atomic mass is 79.9. The summed E-state index contributed by atoms with van der Waals surface area (Å²) in [6, 6.07) is 7.72. The number of nitrogens with zero attached hydrogens (tertiary/aromatic N) is 1. The average Bonchev–Trinajstić information content (AvgIpc) is 2.64. The van der Waals surface area contributed by atoms with Gasteiger partial charge < -0.3 is 5.11 Å². The summed E-state index contributed by atoms with van der Waals surface area (Å²) in [6.45, 7) is 1.97. The number of aliphatic hydroxyl groups is 1. The first-order chi connectivity index (χ1) is 7.66. The average molecular weight is 298 g/mol. The highest BCUT2D eigenvalue weighted by Crippen LogP contribution is 2.26. The Hall–Kier alpha value is -0.710. The van der Waals surface area contributed by atoms with Crippen molar-refractivity contribution in [3.8, 4) is 0 Å². The van der Waals surface area contributed by atoms with E-state index in [1.54, 1.807) is 11.3 Å². The third-order valence-electron chi connectivity index (χ3n) is 2.33. The zero-order chi connectivity index (χ0) is 11.5. The number of aryl methyl sites for hydroxylation is 1. The van der Waals surface area contributed by atoms with Crippen molar-refractivity contribution in [3.63, 3.8) is 0 Å². The van der Waals surface area contributed by atoms with Crippen LogP contribution in [0.2, 0.25) is 0 Å². The fourth-order valence-electron chi connectivity index (χ4n) is 1.56. The Labute approximate surface area is 107 Å². The van der Waals surface area contributed by atoms with Crippen molar-refractivity contribution in [2.75, 3.05) is 0 Å². The molecule has 16 heavy (non-hydrogen) atoms. The van der Waals surface area contributed by atoms with Gasteiger partial charge in [-0.3, -0.25) is 0 Å². The molecule has 0 aliphatic heterocycles. The quantitative estimate of drug-likeness (QED) is 0.941. The molecule has 1 N–H and O–H groups in total. The topological polar surface area (TPSA) is 33.1 Å². The van der Waals surface area contributed by atoms with Gasteiger partial charge in [0.1, 0.15) is 0 Å². The van der Waals surface area contributed by atoms with Gasteiger partial charge in [0.05, 0.1) is 16.8 Å². The van der Waals surface area contributed by atoms with Gasteiger partial charge in [-0.1, -0.05) is 34.1 Å². The van der Waals surface area contributed by atoms with Gasteiger partial charge in [0.2, 0.25) is 0 Å². The summed E-state index contributed by atoms with van der Waals surface area (Å²) in [6.07, 6.45) is 0.0597. The maximum absolute atomic E-state index is 10.1. The molecule has 2 aromatic rings. The van der Waals surface area contributed by atoms with Crippen LogP contribution >= 0.6 is 27.3 Å². The predicted molar refractivity (Wildman–Crippen MR) is 69.7 cm³/mol. The number of hydrogen-bond acceptors (Lipinski definition) is 3. The first-order valence-electron chi connectivity index (χ1n) is 5.00. The number of aromatic nitrogens is 1. The van der Waals surface area contributed by atoms with Crippen LogP contribution < -0.4 is 0 Å². The zero-order valence-electron chi connectivity index (χ0n) is 8.85. The minimum atomic E-state index is -0.503. The minimum Gasteiger partial charge on any atom is -0.388 e. The summed E-state index contributed by atoms with van der Waals surface area (Å²) in [5.74, 6) is 0. The fourth-order valence-corrected chi connectivity index (χ4v) is 2.73. The van der Waals surface area contributed by atoms with Gasteiger partial charge in [0.25, 0.3) is 0 Å². The fraction of sp³-hybridized carbons (Fsp3) is 0.250. The second-order valence-electron chi connectivity index (χ2n) is 3.60. The van der Waals surface area contributed by atoms with E-state index in [2.05, 4.69) is 20.9 Å². The predicted octanol–water partition coefficient (Wildman–Crippen LogP) is 3.49. The van der Waals surface area contributed by atoms with Gasteiger partial charge in [0, 0.05) is 16.3 Å². The van der Waals surface area contributed by atoms with Gasteiger partial charge in [-0.2, -0.15) is 0 Å². The highest BCUT2D eigenvalue weighted by Gasteiger charge is 2.12. The van der Waals surface area contributed by atoms with E-state index in [1.807, 2.05) is 36.6 Å². The van der Waals surface area contributed by atoms with Crippen LogP contribution in [-0.2, 0) is 6.42 Å². The second kappa shape index (κ2) is 5.08. The van der Waals surface area contributed by atoms with Crippen LogP contribution in [0.1, 0.15) is 22.4 Å². The molecule has 84 valence electrons. The lowest BCUT2D eigenvalue weighted by Crippen LogP contribution is -2.02. The maximum Gasteiger partial charge on any atom is 0.0897 e. The number of aliphatic hydroxyl groups excluding tert-OH is 1. The molecular weight excluding hydrogens is 286 g/mol. The lowest BCUT2D eigenvalue weighted by Gasteiger charge is -2.11. The summed E-state index contributed by atoms with van der Waals surface area (Å²) in [7, 11) is 0. The Morgan fingerprint density at radius 3 is 2.81 bits per heavy atom. The molecule has 1 heterocycles. The summed E-state index contributed by atoms with van der Waals surface area (Å²) < 4.78 is 0.939. The smallest absolute Gasteiger partial charge is 0.0897 e. The Morgan fingerprint density at radius 1 is 1.44 bits per heavy atom. The van der Waals surface area contributed by atoms with Crippen LogP contribution in [0.4, 0.5) is 0 Å². The van der Waals surface area contributed by atoms with Crippen molar-refractivity contribution in [1.29, 1.82) is 0 Å². The molecule has 2 nitrogen and oxygen atoms in total. The molecule has 0 aliphatic carbocycles. The van der Waals surface area contributed by atoms with Gasteiger partial charge in [0.15, 0.2) is 0 Å². The maximum atomic E-state index is 10.1. The van der Waals surface area contributed by atoms with Gasteiger partial charge in [-0.25, -0.2) is 4.98 Å². The Morgan fingerprint density at radius 2 is 2.19 bits per heavy atom. The molecule has 0 bridgehead atoms. The van der Waals surface area contributed by atoms with Crippen molar-refractivity contribution in [2.45, 2.75) is 19.4 Å². The van der Waals surface area contributed by atoms with Crippen LogP contribution in [0.25, 0.3) is 0 Å². The van der Waals surface area contributed by atoms with Crippen molar-refractivity contribution in [1.82, 2.24) is 4.98 Å². The molecule has 2 rings (SSSR count). The van der Waals surface area contributed by atoms with Gasteiger partial charge >= 0.3 is 0 Å². The van der Waals surface area contributed by atoms with E-state index >= 15 is 0 Å². The summed E-state index contributed by atoms with van der Waals surface area (Å²) in [5.41, 5.74) is 1.86. The molecule has 0 spiro atoms. The normalized spacial score (nSPS) is 12.7. The largest absolute Gasteiger partial charge is 0.388 e. The lowest BCUT2D eigenvalue weighted by atomic mass is 10.1. The first-order valence-corrected chi connectivity index (χ1v) is 6.67. The number of halogens is 1. The lowest BCUT2D eigenvalue weighted by molar-refractivity contribution is 0.176. The highest BCUT2D eigenvalue weighted by molar-refractivity contribution is 9.10. The molecule has 0 fully saturated rings. The van der Waals surface area contributed by atoms with Crippen molar-refractivity contribution in [2.24, 2.45) is 0 Å². The molecule has 0 saturated carbocycles. The Balaban J connectivity index is 2.14. The molecule has 4 heteroatoms. The second-order valence-corrected chi connectivity index (χ2v) is 5.52. The number of benzene rings is 1. The van der Waals surface area contributed by atoms with Crippen LogP contribution in [0.3, 0.4) is 0 Å². The Kier molecular flexibility index (Phi) is 3.74. The molecule has 1 atom stereocenters. The van der Waals surface area contributed by atoms with Crippen LogP contribution in [0.5, 0.6) is 0 Å². The van der Waals surface area contributed by atoms with Crippen LogP contribution in [0.15, 0.2) is 34.1 Å². The molecule has 0 saturated heterocycles. The van der Waals surface area contributed by atoms with Crippen LogP contribution in [-0.4, -0.2) is 10.1 Å². The van der Waals surface area contributed by atoms with E-state index in [4.69, 9.17) is 0 Å². The summed E-state index contributed by atoms with van der Waals surface area (Å²) >= 11 is 5.05. The van der Waals surface area contributed by atoms with Gasteiger partial charge in [-0.15, -0.1) is 11.3 Å². The van der Waals surface area contributed by atoms with E-state index in [1.165, 1.54) is 0 Å². The van der Waals surface area contributed by atoms with Crippen molar-refractivity contribution >= 4 is 27.3 Å². The van der Waals surface area contributed by atoms with E-state index in [0.717, 1.165) is 20.7 Å². The van der Waals surface area contributed by atoms with Crippen molar-refractivity contribution in [3.05, 3.63) is 50.4 Å². The molecule has 1 unspecified atom stereocenters. The standard InChI is InChI=1S/C12H12BrNOS/c1-8-14-9(7-16-8)6-12(15)10-4-2-3-5-11(10)13/h2-5,7,12,15H,6H2,1H3. The first kappa shape index (κ1) is 11.8. The third kappa shape index (κ3) is 2.70. The van der Waals surface area contributed by atoms with Crippen molar-refractivity contribution < 1.29 is 5.11 Å². The molecule has 0 amide bonds.